The molecule has 0 aliphatic carbocycles. The molecule has 1 unspecified atom stereocenters. The molecule has 8 heteroatoms. The Balaban J connectivity index is 1.27. The second kappa shape index (κ2) is 9.45. The molecule has 1 aromatic heterocycles. The number of aryl methyl sites for hydroxylation is 1. The van der Waals surface area contributed by atoms with Crippen molar-refractivity contribution in [2.45, 2.75) is 31.3 Å². The smallest absolute Gasteiger partial charge is 0.243 e. The fraction of sp³-hybridized carbons (Fsp3) is 0.296. The summed E-state index contributed by atoms with van der Waals surface area (Å²) in [6.45, 7) is 6.60. The molecule has 0 radical (unpaired) electrons. The summed E-state index contributed by atoms with van der Waals surface area (Å²) in [4.78, 5) is 15.4. The summed E-state index contributed by atoms with van der Waals surface area (Å²) < 4.78 is 29.6. The van der Waals surface area contributed by atoms with E-state index >= 15 is 0 Å². The van der Waals surface area contributed by atoms with Gasteiger partial charge in [-0.1, -0.05) is 36.4 Å². The normalized spacial score (nSPS) is 16.5. The van der Waals surface area contributed by atoms with Gasteiger partial charge in [0.1, 0.15) is 0 Å². The number of amides is 1. The second-order valence-corrected chi connectivity index (χ2v) is 10.8. The number of anilines is 1. The first kappa shape index (κ1) is 23.5. The van der Waals surface area contributed by atoms with Gasteiger partial charge in [-0.2, -0.15) is 4.31 Å². The molecule has 3 aromatic carbocycles. The van der Waals surface area contributed by atoms with Gasteiger partial charge < -0.3 is 9.88 Å². The van der Waals surface area contributed by atoms with Gasteiger partial charge in [0.2, 0.25) is 15.9 Å². The van der Waals surface area contributed by atoms with Crippen molar-refractivity contribution in [3.63, 3.8) is 0 Å². The second-order valence-electron chi connectivity index (χ2n) is 8.91. The number of nitrogens with zero attached hydrogens (tertiary/aromatic N) is 3. The molecule has 1 amide bonds. The Morgan fingerprint density at radius 3 is 2.26 bits per heavy atom. The lowest BCUT2D eigenvalue weighted by molar-refractivity contribution is -0.121. The van der Waals surface area contributed by atoms with Crippen molar-refractivity contribution >= 4 is 43.4 Å². The molecule has 1 aliphatic rings. The summed E-state index contributed by atoms with van der Waals surface area (Å²) >= 11 is 0. The van der Waals surface area contributed by atoms with Gasteiger partial charge >= 0.3 is 0 Å². The van der Waals surface area contributed by atoms with E-state index in [9.17, 15) is 13.2 Å². The number of piperazine rings is 1. The van der Waals surface area contributed by atoms with Gasteiger partial charge in [0.25, 0.3) is 0 Å². The molecule has 4 aromatic rings. The summed E-state index contributed by atoms with van der Waals surface area (Å²) in [7, 11) is -3.51. The summed E-state index contributed by atoms with van der Waals surface area (Å²) in [5.74, 6) is -0.0945. The van der Waals surface area contributed by atoms with E-state index in [0.29, 0.717) is 31.1 Å². The van der Waals surface area contributed by atoms with Crippen LogP contribution >= 0.6 is 0 Å². The molecule has 1 saturated heterocycles. The molecule has 1 aliphatic heterocycles. The Labute approximate surface area is 206 Å². The topological polar surface area (TPSA) is 74.7 Å². The van der Waals surface area contributed by atoms with Crippen molar-refractivity contribution in [2.75, 3.05) is 31.5 Å². The maximum atomic E-state index is 13.1. The summed E-state index contributed by atoms with van der Waals surface area (Å²) in [5, 5.41) is 5.36. The molecular weight excluding hydrogens is 460 g/mol. The standard InChI is InChI=1S/C27H30N4O3S/c1-3-31-25-12-8-7-11-23(25)24-19-21(13-14-26(24)31)28-27(32)20(2)29-15-17-30(18-16-29)35(33,34)22-9-5-4-6-10-22/h4-14,19-20H,3,15-18H2,1-2H3,(H,28,32). The van der Waals surface area contributed by atoms with Crippen LogP contribution in [0.2, 0.25) is 0 Å². The van der Waals surface area contributed by atoms with Crippen LogP contribution in [0.1, 0.15) is 13.8 Å². The fourth-order valence-corrected chi connectivity index (χ4v) is 6.40. The summed E-state index contributed by atoms with van der Waals surface area (Å²) in [6.07, 6.45) is 0. The van der Waals surface area contributed by atoms with Gasteiger partial charge in [0.15, 0.2) is 0 Å². The number of hydrogen-bond acceptors (Lipinski definition) is 4. The third kappa shape index (κ3) is 4.33. The zero-order valence-electron chi connectivity index (χ0n) is 20.0. The van der Waals surface area contributed by atoms with Crippen molar-refractivity contribution in [2.24, 2.45) is 0 Å². The lowest BCUT2D eigenvalue weighted by Gasteiger charge is -2.36. The van der Waals surface area contributed by atoms with Gasteiger partial charge in [-0.3, -0.25) is 9.69 Å². The molecule has 1 fully saturated rings. The molecule has 0 saturated carbocycles. The zero-order valence-corrected chi connectivity index (χ0v) is 20.8. The van der Waals surface area contributed by atoms with E-state index in [1.54, 1.807) is 30.3 Å². The first-order valence-electron chi connectivity index (χ1n) is 12.0. The van der Waals surface area contributed by atoms with Gasteiger partial charge in [-0.25, -0.2) is 8.42 Å². The summed E-state index contributed by atoms with van der Waals surface area (Å²) in [6, 6.07) is 22.5. The van der Waals surface area contributed by atoms with Crippen LogP contribution in [0.25, 0.3) is 21.8 Å². The number of sulfonamides is 1. The molecule has 182 valence electrons. The third-order valence-electron chi connectivity index (χ3n) is 6.94. The Morgan fingerprint density at radius 1 is 0.886 bits per heavy atom. The predicted molar refractivity (Wildman–Crippen MR) is 140 cm³/mol. The fourth-order valence-electron chi connectivity index (χ4n) is 4.96. The van der Waals surface area contributed by atoms with Crippen molar-refractivity contribution in [1.29, 1.82) is 0 Å². The van der Waals surface area contributed by atoms with Gasteiger partial charge in [0, 0.05) is 60.2 Å². The molecule has 1 atom stereocenters. The van der Waals surface area contributed by atoms with Crippen LogP contribution in [0.5, 0.6) is 0 Å². The van der Waals surface area contributed by atoms with Crippen LogP contribution in [0, 0.1) is 0 Å². The zero-order chi connectivity index (χ0) is 24.6. The van der Waals surface area contributed by atoms with E-state index < -0.39 is 10.0 Å². The van der Waals surface area contributed by atoms with Crippen LogP contribution in [0.3, 0.4) is 0 Å². The molecule has 1 N–H and O–H groups in total. The van der Waals surface area contributed by atoms with Crippen molar-refractivity contribution in [3.8, 4) is 0 Å². The third-order valence-corrected chi connectivity index (χ3v) is 8.85. The highest BCUT2D eigenvalue weighted by atomic mass is 32.2. The van der Waals surface area contributed by atoms with Gasteiger partial charge in [-0.05, 0) is 50.2 Å². The van der Waals surface area contributed by atoms with Crippen LogP contribution < -0.4 is 5.32 Å². The molecular formula is C27H30N4O3S. The highest BCUT2D eigenvalue weighted by Crippen LogP contribution is 2.31. The van der Waals surface area contributed by atoms with E-state index in [-0.39, 0.29) is 11.9 Å². The number of carbonyl (C=O) groups excluding carboxylic acids is 1. The molecule has 0 spiro atoms. The van der Waals surface area contributed by atoms with E-state index in [1.807, 2.05) is 36.1 Å². The van der Waals surface area contributed by atoms with Crippen LogP contribution in [0.4, 0.5) is 5.69 Å². The van der Waals surface area contributed by atoms with Crippen molar-refractivity contribution < 1.29 is 13.2 Å². The number of carbonyl (C=O) groups is 1. The average Bonchev–Trinajstić information content (AvgIpc) is 3.21. The van der Waals surface area contributed by atoms with Gasteiger partial charge in [0.05, 0.1) is 10.9 Å². The quantitative estimate of drug-likeness (QED) is 0.441. The minimum Gasteiger partial charge on any atom is -0.341 e. The Bertz CT molecular complexity index is 1470. The summed E-state index contributed by atoms with van der Waals surface area (Å²) in [5.41, 5.74) is 3.10. The maximum Gasteiger partial charge on any atom is 0.243 e. The number of hydrogen-bond donors (Lipinski definition) is 1. The molecule has 5 rings (SSSR count). The first-order chi connectivity index (χ1) is 16.9. The van der Waals surface area contributed by atoms with Crippen molar-refractivity contribution in [3.05, 3.63) is 72.8 Å². The molecule has 0 bridgehead atoms. The Hall–Kier alpha value is -3.20. The lowest BCUT2D eigenvalue weighted by atomic mass is 10.1. The highest BCUT2D eigenvalue weighted by Gasteiger charge is 2.31. The van der Waals surface area contributed by atoms with Crippen LogP contribution in [0.15, 0.2) is 77.7 Å². The first-order valence-corrected chi connectivity index (χ1v) is 13.4. The maximum absolute atomic E-state index is 13.1. The van der Waals surface area contributed by atoms with E-state index in [1.165, 1.54) is 15.2 Å². The van der Waals surface area contributed by atoms with E-state index in [4.69, 9.17) is 0 Å². The number of rotatable bonds is 6. The predicted octanol–water partition coefficient (Wildman–Crippen LogP) is 4.15. The minimum atomic E-state index is -3.51. The Kier molecular flexibility index (Phi) is 6.35. The van der Waals surface area contributed by atoms with Crippen LogP contribution in [-0.2, 0) is 21.4 Å². The van der Waals surface area contributed by atoms with Crippen LogP contribution in [-0.4, -0.2) is 60.3 Å². The monoisotopic (exact) mass is 490 g/mol. The number of fused-ring (bicyclic) bond motifs is 3. The lowest BCUT2D eigenvalue weighted by Crippen LogP contribution is -2.53. The number of para-hydroxylation sites is 1. The largest absolute Gasteiger partial charge is 0.341 e. The molecule has 2 heterocycles. The SMILES string of the molecule is CCn1c2ccccc2c2cc(NC(=O)C(C)N3CCN(S(=O)(=O)c4ccccc4)CC3)ccc21. The minimum absolute atomic E-state index is 0.0945. The molecule has 7 nitrogen and oxygen atoms in total. The highest BCUT2D eigenvalue weighted by molar-refractivity contribution is 7.89. The number of aromatic nitrogens is 1. The van der Waals surface area contributed by atoms with Gasteiger partial charge in [-0.15, -0.1) is 0 Å². The van der Waals surface area contributed by atoms with E-state index in [2.05, 4.69) is 35.0 Å². The number of nitrogens with one attached hydrogen (secondary N) is 1. The van der Waals surface area contributed by atoms with E-state index in [0.717, 1.165) is 23.1 Å². The average molecular weight is 491 g/mol. The molecule has 35 heavy (non-hydrogen) atoms. The number of benzene rings is 3. The Morgan fingerprint density at radius 2 is 1.54 bits per heavy atom. The van der Waals surface area contributed by atoms with Crippen molar-refractivity contribution in [1.82, 2.24) is 13.8 Å².